The molecule has 0 saturated carbocycles. The quantitative estimate of drug-likeness (QED) is 0.282. The molecule has 0 radical (unpaired) electrons. The number of aromatic nitrogens is 1. The van der Waals surface area contributed by atoms with Crippen molar-refractivity contribution in [3.8, 4) is 5.75 Å². The molecule has 1 heterocycles. The molecule has 0 unspecified atom stereocenters. The Labute approximate surface area is 169 Å². The topological polar surface area (TPSA) is 41.8 Å². The molecule has 132 valence electrons. The lowest BCUT2D eigenvalue weighted by Crippen LogP contribution is -2.40. The first kappa shape index (κ1) is 20.8. The Morgan fingerprint density at radius 1 is 1.29 bits per heavy atom. The molecule has 1 aromatic heterocycles. The molecule has 0 aliphatic carbocycles. The summed E-state index contributed by atoms with van der Waals surface area (Å²) >= 11 is 3.41. The molecule has 0 fully saturated rings. The zero-order valence-electron chi connectivity index (χ0n) is 14.2. The molecular formula is C17H24BrIN4O. The van der Waals surface area contributed by atoms with Crippen LogP contribution in [0.4, 0.5) is 0 Å². The van der Waals surface area contributed by atoms with Crippen molar-refractivity contribution in [2.45, 2.75) is 6.54 Å². The molecule has 7 heteroatoms. The number of hydrogen-bond donors (Lipinski definition) is 1. The Balaban J connectivity index is 0.00000288. The molecule has 0 amide bonds. The average Bonchev–Trinajstić information content (AvgIpc) is 2.94. The fourth-order valence-electron chi connectivity index (χ4n) is 2.23. The predicted molar refractivity (Wildman–Crippen MR) is 113 cm³/mol. The van der Waals surface area contributed by atoms with Gasteiger partial charge in [-0.3, -0.25) is 4.99 Å². The van der Waals surface area contributed by atoms with Gasteiger partial charge in [0.2, 0.25) is 0 Å². The van der Waals surface area contributed by atoms with E-state index in [9.17, 15) is 0 Å². The van der Waals surface area contributed by atoms with Gasteiger partial charge in [0.25, 0.3) is 0 Å². The number of hydrogen-bond acceptors (Lipinski definition) is 2. The van der Waals surface area contributed by atoms with Gasteiger partial charge in [0.05, 0.1) is 13.1 Å². The maximum Gasteiger partial charge on any atom is 0.193 e. The lowest BCUT2D eigenvalue weighted by molar-refractivity contribution is 0.319. The molecule has 0 atom stereocenters. The van der Waals surface area contributed by atoms with Gasteiger partial charge in [-0.25, -0.2) is 0 Å². The monoisotopic (exact) mass is 506 g/mol. The molecule has 1 aromatic carbocycles. The molecule has 0 bridgehead atoms. The summed E-state index contributed by atoms with van der Waals surface area (Å²) in [7, 11) is 5.86. The van der Waals surface area contributed by atoms with E-state index in [1.807, 2.05) is 50.6 Å². The van der Waals surface area contributed by atoms with Gasteiger partial charge in [0.1, 0.15) is 12.4 Å². The van der Waals surface area contributed by atoms with E-state index in [4.69, 9.17) is 4.74 Å². The second-order valence-corrected chi connectivity index (χ2v) is 6.16. The fourth-order valence-corrected chi connectivity index (χ4v) is 2.49. The molecule has 2 rings (SSSR count). The lowest BCUT2D eigenvalue weighted by atomic mass is 10.3. The molecule has 0 spiro atoms. The summed E-state index contributed by atoms with van der Waals surface area (Å²) < 4.78 is 8.86. The minimum Gasteiger partial charge on any atom is -0.492 e. The first-order valence-electron chi connectivity index (χ1n) is 7.50. The van der Waals surface area contributed by atoms with Crippen LogP contribution >= 0.6 is 39.9 Å². The van der Waals surface area contributed by atoms with Gasteiger partial charge < -0.3 is 19.5 Å². The number of halogens is 2. The first-order chi connectivity index (χ1) is 11.1. The maximum absolute atomic E-state index is 5.70. The fraction of sp³-hybridized carbons (Fsp3) is 0.353. The predicted octanol–water partition coefficient (Wildman–Crippen LogP) is 3.49. The SMILES string of the molecule is CN=C(NCCOc1ccc(Br)cc1)N(C)Cc1cccn1C.I. The first-order valence-corrected chi connectivity index (χ1v) is 8.30. The third-order valence-corrected chi connectivity index (χ3v) is 4.02. The summed E-state index contributed by atoms with van der Waals surface area (Å²) in [6, 6.07) is 12.0. The second-order valence-electron chi connectivity index (χ2n) is 5.24. The van der Waals surface area contributed by atoms with E-state index in [0.717, 1.165) is 22.7 Å². The van der Waals surface area contributed by atoms with Crippen molar-refractivity contribution < 1.29 is 4.74 Å². The standard InChI is InChI=1S/C17H23BrN4O.HI/c1-19-17(22(3)13-15-5-4-11-21(15)2)20-10-12-23-16-8-6-14(18)7-9-16;/h4-9,11H,10,12-13H2,1-3H3,(H,19,20);1H. The van der Waals surface area contributed by atoms with Gasteiger partial charge >= 0.3 is 0 Å². The van der Waals surface area contributed by atoms with E-state index in [2.05, 4.69) is 41.8 Å². The van der Waals surface area contributed by atoms with Gasteiger partial charge in [-0.05, 0) is 36.4 Å². The van der Waals surface area contributed by atoms with Crippen molar-refractivity contribution >= 4 is 45.9 Å². The van der Waals surface area contributed by atoms with Crippen LogP contribution in [0.2, 0.25) is 0 Å². The van der Waals surface area contributed by atoms with Gasteiger partial charge in [0, 0.05) is 37.5 Å². The van der Waals surface area contributed by atoms with Gasteiger partial charge in [-0.1, -0.05) is 15.9 Å². The van der Waals surface area contributed by atoms with Crippen LogP contribution in [-0.4, -0.2) is 42.7 Å². The summed E-state index contributed by atoms with van der Waals surface area (Å²) in [4.78, 5) is 6.41. The number of rotatable bonds is 6. The Kier molecular flexibility index (Phi) is 9.20. The maximum atomic E-state index is 5.70. The molecule has 2 aromatic rings. The van der Waals surface area contributed by atoms with Gasteiger partial charge in [-0.2, -0.15) is 0 Å². The minimum atomic E-state index is 0. The summed E-state index contributed by atoms with van der Waals surface area (Å²) in [6.45, 7) is 2.08. The molecule has 24 heavy (non-hydrogen) atoms. The summed E-state index contributed by atoms with van der Waals surface area (Å²) in [5.41, 5.74) is 1.24. The van der Waals surface area contributed by atoms with Crippen molar-refractivity contribution in [2.24, 2.45) is 12.0 Å². The van der Waals surface area contributed by atoms with Crippen LogP contribution in [0.15, 0.2) is 52.1 Å². The van der Waals surface area contributed by atoms with Crippen LogP contribution in [0.5, 0.6) is 5.75 Å². The van der Waals surface area contributed by atoms with E-state index in [-0.39, 0.29) is 24.0 Å². The van der Waals surface area contributed by atoms with Crippen molar-refractivity contribution in [3.05, 3.63) is 52.8 Å². The van der Waals surface area contributed by atoms with Crippen LogP contribution in [0.3, 0.4) is 0 Å². The Morgan fingerprint density at radius 3 is 2.58 bits per heavy atom. The number of guanidine groups is 1. The zero-order chi connectivity index (χ0) is 16.7. The number of ether oxygens (including phenoxy) is 1. The van der Waals surface area contributed by atoms with E-state index < -0.39 is 0 Å². The summed E-state index contributed by atoms with van der Waals surface area (Å²) in [5, 5.41) is 3.32. The summed E-state index contributed by atoms with van der Waals surface area (Å²) in [6.07, 6.45) is 2.05. The minimum absolute atomic E-state index is 0. The molecule has 0 aliphatic rings. The molecule has 0 saturated heterocycles. The lowest BCUT2D eigenvalue weighted by Gasteiger charge is -2.22. The number of nitrogens with one attached hydrogen (secondary N) is 1. The van der Waals surface area contributed by atoms with E-state index in [1.54, 1.807) is 7.05 Å². The molecule has 1 N–H and O–H groups in total. The van der Waals surface area contributed by atoms with Crippen LogP contribution < -0.4 is 10.1 Å². The highest BCUT2D eigenvalue weighted by Crippen LogP contribution is 2.15. The van der Waals surface area contributed by atoms with Gasteiger partial charge in [-0.15, -0.1) is 24.0 Å². The molecule has 5 nitrogen and oxygen atoms in total. The van der Waals surface area contributed by atoms with Crippen molar-refractivity contribution in [2.75, 3.05) is 27.2 Å². The molecule has 0 aliphatic heterocycles. The third-order valence-electron chi connectivity index (χ3n) is 3.49. The van der Waals surface area contributed by atoms with Crippen LogP contribution in [0.25, 0.3) is 0 Å². The number of nitrogens with zero attached hydrogens (tertiary/aromatic N) is 3. The van der Waals surface area contributed by atoms with Crippen molar-refractivity contribution in [1.29, 1.82) is 0 Å². The highest BCUT2D eigenvalue weighted by molar-refractivity contribution is 14.0. The largest absolute Gasteiger partial charge is 0.492 e. The van der Waals surface area contributed by atoms with E-state index in [0.29, 0.717) is 13.2 Å². The van der Waals surface area contributed by atoms with Crippen molar-refractivity contribution in [3.63, 3.8) is 0 Å². The average molecular weight is 507 g/mol. The second kappa shape index (κ2) is 10.6. The number of aliphatic imine (C=N–C) groups is 1. The molecular weight excluding hydrogens is 483 g/mol. The van der Waals surface area contributed by atoms with Crippen LogP contribution in [-0.2, 0) is 13.6 Å². The number of benzene rings is 1. The van der Waals surface area contributed by atoms with E-state index in [1.165, 1.54) is 5.69 Å². The van der Waals surface area contributed by atoms with Crippen molar-refractivity contribution in [1.82, 2.24) is 14.8 Å². The smallest absolute Gasteiger partial charge is 0.193 e. The summed E-state index contributed by atoms with van der Waals surface area (Å²) in [5.74, 6) is 1.72. The van der Waals surface area contributed by atoms with E-state index >= 15 is 0 Å². The Hall–Kier alpha value is -1.22. The van der Waals surface area contributed by atoms with Crippen LogP contribution in [0.1, 0.15) is 5.69 Å². The third kappa shape index (κ3) is 6.35. The highest BCUT2D eigenvalue weighted by atomic mass is 127. The zero-order valence-corrected chi connectivity index (χ0v) is 18.1. The normalized spacial score (nSPS) is 10.9. The van der Waals surface area contributed by atoms with Crippen LogP contribution in [0, 0.1) is 0 Å². The Bertz CT molecular complexity index is 642. The van der Waals surface area contributed by atoms with Gasteiger partial charge in [0.15, 0.2) is 5.96 Å². The Morgan fingerprint density at radius 2 is 2.00 bits per heavy atom. The highest BCUT2D eigenvalue weighted by Gasteiger charge is 2.07. The number of aryl methyl sites for hydroxylation is 1.